The van der Waals surface area contributed by atoms with Crippen LogP contribution < -0.4 is 10.9 Å². The number of hydrogen-bond donors (Lipinski definition) is 2. The summed E-state index contributed by atoms with van der Waals surface area (Å²) in [6.45, 7) is 1.97. The first-order chi connectivity index (χ1) is 14.2. The Hall–Kier alpha value is -3.22. The molecule has 0 spiro atoms. The van der Waals surface area contributed by atoms with Gasteiger partial charge in [-0.05, 0) is 48.9 Å². The van der Waals surface area contributed by atoms with Crippen molar-refractivity contribution in [2.24, 2.45) is 5.92 Å². The standard InChI is InChI=1S/C22H25N5O2/c28-21-18-5-1-2-6-19(18)25-20(26-21)7-11-24-22(29)27-12-8-16(9-13-27)14-17-4-3-10-23-15-17/h1-6,10,15-16H,7-9,11-14H2,(H,24,29)(H,25,26,28). The smallest absolute Gasteiger partial charge is 0.317 e. The van der Waals surface area contributed by atoms with Gasteiger partial charge in [0.05, 0.1) is 10.9 Å². The molecule has 1 aromatic carbocycles. The van der Waals surface area contributed by atoms with E-state index in [1.807, 2.05) is 35.4 Å². The number of rotatable bonds is 5. The van der Waals surface area contributed by atoms with Crippen LogP contribution in [0.25, 0.3) is 10.9 Å². The monoisotopic (exact) mass is 391 g/mol. The number of urea groups is 1. The van der Waals surface area contributed by atoms with Crippen LogP contribution in [-0.4, -0.2) is 45.5 Å². The summed E-state index contributed by atoms with van der Waals surface area (Å²) in [4.78, 5) is 37.9. The molecule has 7 heteroatoms. The van der Waals surface area contributed by atoms with Crippen molar-refractivity contribution in [3.05, 3.63) is 70.5 Å². The largest absolute Gasteiger partial charge is 0.338 e. The van der Waals surface area contributed by atoms with Crippen molar-refractivity contribution in [3.63, 3.8) is 0 Å². The molecule has 0 aliphatic carbocycles. The highest BCUT2D eigenvalue weighted by Gasteiger charge is 2.22. The molecule has 2 N–H and O–H groups in total. The molecule has 1 saturated heterocycles. The molecule has 2 amide bonds. The molecule has 1 aliphatic rings. The molecular formula is C22H25N5O2. The number of nitrogens with zero attached hydrogens (tertiary/aromatic N) is 3. The average molecular weight is 391 g/mol. The first-order valence-electron chi connectivity index (χ1n) is 10.1. The van der Waals surface area contributed by atoms with Crippen LogP contribution in [0.4, 0.5) is 4.79 Å². The summed E-state index contributed by atoms with van der Waals surface area (Å²) in [6, 6.07) is 11.3. The summed E-state index contributed by atoms with van der Waals surface area (Å²) in [5.74, 6) is 1.18. The molecule has 7 nitrogen and oxygen atoms in total. The van der Waals surface area contributed by atoms with Crippen molar-refractivity contribution in [3.8, 4) is 0 Å². The predicted molar refractivity (Wildman–Crippen MR) is 112 cm³/mol. The van der Waals surface area contributed by atoms with Crippen molar-refractivity contribution in [1.29, 1.82) is 0 Å². The summed E-state index contributed by atoms with van der Waals surface area (Å²) < 4.78 is 0. The Labute approximate surface area is 169 Å². The van der Waals surface area contributed by atoms with E-state index in [2.05, 4.69) is 26.3 Å². The van der Waals surface area contributed by atoms with Gasteiger partial charge in [0, 0.05) is 38.4 Å². The maximum atomic E-state index is 12.4. The van der Waals surface area contributed by atoms with Gasteiger partial charge in [0.15, 0.2) is 0 Å². The summed E-state index contributed by atoms with van der Waals surface area (Å²) >= 11 is 0. The van der Waals surface area contributed by atoms with E-state index >= 15 is 0 Å². The van der Waals surface area contributed by atoms with Gasteiger partial charge in [-0.1, -0.05) is 18.2 Å². The van der Waals surface area contributed by atoms with Crippen molar-refractivity contribution in [2.75, 3.05) is 19.6 Å². The van der Waals surface area contributed by atoms with Gasteiger partial charge in [-0.2, -0.15) is 0 Å². The number of pyridine rings is 1. The Kier molecular flexibility index (Phi) is 5.84. The van der Waals surface area contributed by atoms with Crippen molar-refractivity contribution in [1.82, 2.24) is 25.2 Å². The number of para-hydroxylation sites is 1. The van der Waals surface area contributed by atoms with Gasteiger partial charge in [-0.25, -0.2) is 9.78 Å². The molecule has 150 valence electrons. The Morgan fingerprint density at radius 1 is 1.17 bits per heavy atom. The molecule has 4 rings (SSSR count). The lowest BCUT2D eigenvalue weighted by molar-refractivity contribution is 0.170. The summed E-state index contributed by atoms with van der Waals surface area (Å²) in [7, 11) is 0. The van der Waals surface area contributed by atoms with Crippen LogP contribution in [0, 0.1) is 5.92 Å². The van der Waals surface area contributed by atoms with Crippen LogP contribution in [0.2, 0.25) is 0 Å². The molecule has 0 bridgehead atoms. The number of aromatic nitrogens is 3. The van der Waals surface area contributed by atoms with Crippen LogP contribution in [0.1, 0.15) is 24.2 Å². The number of likely N-dealkylation sites (tertiary alicyclic amines) is 1. The zero-order valence-electron chi connectivity index (χ0n) is 16.3. The molecular weight excluding hydrogens is 366 g/mol. The zero-order valence-corrected chi connectivity index (χ0v) is 16.3. The fourth-order valence-corrected chi connectivity index (χ4v) is 3.85. The Balaban J connectivity index is 1.24. The highest BCUT2D eigenvalue weighted by molar-refractivity contribution is 5.77. The molecule has 2 aromatic heterocycles. The van der Waals surface area contributed by atoms with E-state index in [4.69, 9.17) is 0 Å². The maximum absolute atomic E-state index is 12.4. The minimum absolute atomic E-state index is 0.0482. The lowest BCUT2D eigenvalue weighted by Crippen LogP contribution is -2.45. The summed E-state index contributed by atoms with van der Waals surface area (Å²) in [5.41, 5.74) is 1.79. The zero-order chi connectivity index (χ0) is 20.1. The van der Waals surface area contributed by atoms with Gasteiger partial charge < -0.3 is 15.2 Å². The van der Waals surface area contributed by atoms with E-state index in [9.17, 15) is 9.59 Å². The van der Waals surface area contributed by atoms with Crippen LogP contribution >= 0.6 is 0 Å². The highest BCUT2D eigenvalue weighted by atomic mass is 16.2. The van der Waals surface area contributed by atoms with E-state index in [-0.39, 0.29) is 11.6 Å². The van der Waals surface area contributed by atoms with Gasteiger partial charge in [0.2, 0.25) is 0 Å². The Morgan fingerprint density at radius 2 is 2.00 bits per heavy atom. The van der Waals surface area contributed by atoms with Crippen LogP contribution in [-0.2, 0) is 12.8 Å². The number of fused-ring (bicyclic) bond motifs is 1. The van der Waals surface area contributed by atoms with Crippen LogP contribution in [0.15, 0.2) is 53.6 Å². The van der Waals surface area contributed by atoms with Crippen molar-refractivity contribution in [2.45, 2.75) is 25.7 Å². The number of carbonyl (C=O) groups is 1. The molecule has 0 radical (unpaired) electrons. The van der Waals surface area contributed by atoms with Crippen LogP contribution in [0.5, 0.6) is 0 Å². The quantitative estimate of drug-likeness (QED) is 0.699. The number of benzene rings is 1. The van der Waals surface area contributed by atoms with Crippen LogP contribution in [0.3, 0.4) is 0 Å². The minimum Gasteiger partial charge on any atom is -0.338 e. The second kappa shape index (κ2) is 8.86. The number of H-pyrrole nitrogens is 1. The van der Waals surface area contributed by atoms with Gasteiger partial charge in [0.25, 0.3) is 5.56 Å². The Morgan fingerprint density at radius 3 is 2.79 bits per heavy atom. The van der Waals surface area contributed by atoms with Crippen molar-refractivity contribution < 1.29 is 4.79 Å². The number of piperidine rings is 1. The average Bonchev–Trinajstić information content (AvgIpc) is 2.75. The molecule has 0 atom stereocenters. The fraction of sp³-hybridized carbons (Fsp3) is 0.364. The minimum atomic E-state index is -0.146. The molecule has 1 aliphatic heterocycles. The van der Waals surface area contributed by atoms with Crippen molar-refractivity contribution >= 4 is 16.9 Å². The molecule has 0 saturated carbocycles. The molecule has 29 heavy (non-hydrogen) atoms. The van der Waals surface area contributed by atoms with Gasteiger partial charge in [-0.3, -0.25) is 9.78 Å². The number of aromatic amines is 1. The first kappa shape index (κ1) is 19.1. The molecule has 1 fully saturated rings. The second-order valence-corrected chi connectivity index (χ2v) is 7.51. The lowest BCUT2D eigenvalue weighted by Gasteiger charge is -2.32. The van der Waals surface area contributed by atoms with E-state index < -0.39 is 0 Å². The maximum Gasteiger partial charge on any atom is 0.317 e. The molecule has 3 heterocycles. The normalized spacial score (nSPS) is 14.8. The van der Waals surface area contributed by atoms with E-state index in [1.165, 1.54) is 5.56 Å². The van der Waals surface area contributed by atoms with Gasteiger partial charge >= 0.3 is 6.03 Å². The second-order valence-electron chi connectivity index (χ2n) is 7.51. The number of amides is 2. The number of hydrogen-bond acceptors (Lipinski definition) is 4. The van der Waals surface area contributed by atoms with E-state index in [0.717, 1.165) is 32.4 Å². The summed E-state index contributed by atoms with van der Waals surface area (Å²) in [5, 5.41) is 3.53. The topological polar surface area (TPSA) is 91.0 Å². The molecule has 3 aromatic rings. The fourth-order valence-electron chi connectivity index (χ4n) is 3.85. The SMILES string of the molecule is O=C(NCCc1nc2ccccc2c(=O)[nH]1)N1CCC(Cc2cccnc2)CC1. The number of nitrogens with one attached hydrogen (secondary N) is 2. The van der Waals surface area contributed by atoms with E-state index in [1.54, 1.807) is 12.3 Å². The van der Waals surface area contributed by atoms with Gasteiger partial charge in [-0.15, -0.1) is 0 Å². The summed E-state index contributed by atoms with van der Waals surface area (Å²) in [6.07, 6.45) is 7.22. The molecule has 0 unspecified atom stereocenters. The lowest BCUT2D eigenvalue weighted by atomic mass is 9.91. The third-order valence-corrected chi connectivity index (χ3v) is 5.45. The Bertz CT molecular complexity index is 1030. The predicted octanol–water partition coefficient (Wildman–Crippen LogP) is 2.52. The third kappa shape index (κ3) is 4.80. The third-order valence-electron chi connectivity index (χ3n) is 5.45. The number of carbonyl (C=O) groups excluding carboxylic acids is 1. The van der Waals surface area contributed by atoms with E-state index in [0.29, 0.717) is 35.6 Å². The highest BCUT2D eigenvalue weighted by Crippen LogP contribution is 2.21. The first-order valence-corrected chi connectivity index (χ1v) is 10.1. The van der Waals surface area contributed by atoms with Gasteiger partial charge in [0.1, 0.15) is 5.82 Å².